The van der Waals surface area contributed by atoms with Gasteiger partial charge in [0.25, 0.3) is 11.6 Å². The number of hydrogen-bond donors (Lipinski definition) is 2. The second-order valence-corrected chi connectivity index (χ2v) is 4.51. The Morgan fingerprint density at radius 1 is 1.14 bits per heavy atom. The number of carbonyl (C=O) groups excluding carboxylic acids is 1. The zero-order valence-electron chi connectivity index (χ0n) is 11.7. The van der Waals surface area contributed by atoms with Crippen LogP contribution >= 0.6 is 0 Å². The molecule has 2 aromatic carbocycles. The number of aryl methyl sites for hydroxylation is 1. The Kier molecular flexibility index (Phi) is 4.18. The summed E-state index contributed by atoms with van der Waals surface area (Å²) in [6.07, 6.45) is 0. The van der Waals surface area contributed by atoms with Crippen molar-refractivity contribution in [3.8, 4) is 0 Å². The van der Waals surface area contributed by atoms with Gasteiger partial charge in [0, 0.05) is 30.6 Å². The molecule has 0 saturated heterocycles. The third-order valence-corrected chi connectivity index (χ3v) is 3.12. The van der Waals surface area contributed by atoms with E-state index in [4.69, 9.17) is 0 Å². The second kappa shape index (κ2) is 6.04. The van der Waals surface area contributed by atoms with E-state index in [1.54, 1.807) is 13.1 Å². The minimum Gasteiger partial charge on any atom is -0.387 e. The summed E-state index contributed by atoms with van der Waals surface area (Å²) in [5.74, 6) is -0.391. The van der Waals surface area contributed by atoms with Gasteiger partial charge in [-0.1, -0.05) is 18.2 Å². The van der Waals surface area contributed by atoms with Crippen LogP contribution in [-0.4, -0.2) is 17.9 Å². The van der Waals surface area contributed by atoms with Crippen molar-refractivity contribution in [2.24, 2.45) is 0 Å². The average molecular weight is 285 g/mol. The van der Waals surface area contributed by atoms with Gasteiger partial charge >= 0.3 is 0 Å². The predicted octanol–water partition coefficient (Wildman–Crippen LogP) is 3.20. The molecule has 1 amide bonds. The lowest BCUT2D eigenvalue weighted by Crippen LogP contribution is -2.15. The molecule has 108 valence electrons. The zero-order chi connectivity index (χ0) is 15.4. The number of carbonyl (C=O) groups is 1. The minimum atomic E-state index is -0.524. The van der Waals surface area contributed by atoms with E-state index >= 15 is 0 Å². The normalized spacial score (nSPS) is 10.0. The summed E-state index contributed by atoms with van der Waals surface area (Å²) < 4.78 is 0. The highest BCUT2D eigenvalue weighted by Gasteiger charge is 2.16. The fourth-order valence-electron chi connectivity index (χ4n) is 1.95. The van der Waals surface area contributed by atoms with Crippen LogP contribution in [0.2, 0.25) is 0 Å². The van der Waals surface area contributed by atoms with Crippen LogP contribution < -0.4 is 10.6 Å². The van der Waals surface area contributed by atoms with E-state index in [1.807, 2.05) is 25.1 Å². The topological polar surface area (TPSA) is 84.3 Å². The Hall–Kier alpha value is -2.89. The molecule has 21 heavy (non-hydrogen) atoms. The maximum absolute atomic E-state index is 12.3. The summed E-state index contributed by atoms with van der Waals surface area (Å²) in [5.41, 5.74) is 2.24. The van der Waals surface area contributed by atoms with Crippen molar-refractivity contribution in [2.45, 2.75) is 6.92 Å². The molecule has 6 heteroatoms. The van der Waals surface area contributed by atoms with E-state index in [9.17, 15) is 14.9 Å². The highest BCUT2D eigenvalue weighted by Crippen LogP contribution is 2.23. The van der Waals surface area contributed by atoms with Gasteiger partial charge in [-0.2, -0.15) is 0 Å². The number of hydrogen-bond acceptors (Lipinski definition) is 4. The lowest BCUT2D eigenvalue weighted by molar-refractivity contribution is -0.384. The predicted molar refractivity (Wildman–Crippen MR) is 81.8 cm³/mol. The summed E-state index contributed by atoms with van der Waals surface area (Å²) in [6, 6.07) is 11.5. The van der Waals surface area contributed by atoms with Crippen LogP contribution in [0.25, 0.3) is 0 Å². The van der Waals surface area contributed by atoms with Gasteiger partial charge in [0.15, 0.2) is 0 Å². The van der Waals surface area contributed by atoms with E-state index in [2.05, 4.69) is 10.6 Å². The molecule has 0 radical (unpaired) electrons. The SMILES string of the molecule is CNc1ccc([N+](=O)[O-])cc1C(=O)Nc1ccccc1C. The molecule has 2 N–H and O–H groups in total. The average Bonchev–Trinajstić information content (AvgIpc) is 2.48. The first-order valence-electron chi connectivity index (χ1n) is 6.36. The first-order chi connectivity index (χ1) is 10.0. The van der Waals surface area contributed by atoms with Crippen molar-refractivity contribution in [2.75, 3.05) is 17.7 Å². The smallest absolute Gasteiger partial charge is 0.270 e. The number of nitro groups is 1. The van der Waals surface area contributed by atoms with Gasteiger partial charge in [-0.3, -0.25) is 14.9 Å². The maximum Gasteiger partial charge on any atom is 0.270 e. The molecule has 0 atom stereocenters. The largest absolute Gasteiger partial charge is 0.387 e. The maximum atomic E-state index is 12.3. The van der Waals surface area contributed by atoms with Crippen LogP contribution in [0.3, 0.4) is 0 Å². The summed E-state index contributed by atoms with van der Waals surface area (Å²) in [7, 11) is 1.66. The summed E-state index contributed by atoms with van der Waals surface area (Å²) in [4.78, 5) is 22.7. The summed E-state index contributed by atoms with van der Waals surface area (Å²) in [5, 5.41) is 16.5. The molecule has 6 nitrogen and oxygen atoms in total. The van der Waals surface area contributed by atoms with Crippen LogP contribution in [0.1, 0.15) is 15.9 Å². The molecule has 2 rings (SSSR count). The molecule has 0 unspecified atom stereocenters. The quantitative estimate of drug-likeness (QED) is 0.667. The minimum absolute atomic E-state index is 0.121. The molecular weight excluding hydrogens is 270 g/mol. The van der Waals surface area contributed by atoms with Gasteiger partial charge in [0.2, 0.25) is 0 Å². The molecule has 0 aliphatic heterocycles. The lowest BCUT2D eigenvalue weighted by atomic mass is 10.1. The molecule has 0 aliphatic rings. The first kappa shape index (κ1) is 14.5. The molecule has 0 bridgehead atoms. The van der Waals surface area contributed by atoms with Gasteiger partial charge in [0.05, 0.1) is 10.5 Å². The fraction of sp³-hybridized carbons (Fsp3) is 0.133. The Balaban J connectivity index is 2.36. The van der Waals surface area contributed by atoms with Crippen molar-refractivity contribution < 1.29 is 9.72 Å². The van der Waals surface area contributed by atoms with E-state index < -0.39 is 10.8 Å². The highest BCUT2D eigenvalue weighted by atomic mass is 16.6. The third-order valence-electron chi connectivity index (χ3n) is 3.12. The molecular formula is C15H15N3O3. The fourth-order valence-corrected chi connectivity index (χ4v) is 1.95. The van der Waals surface area contributed by atoms with E-state index in [-0.39, 0.29) is 11.3 Å². The van der Waals surface area contributed by atoms with E-state index in [0.29, 0.717) is 11.4 Å². The van der Waals surface area contributed by atoms with Gasteiger partial charge < -0.3 is 10.6 Å². The second-order valence-electron chi connectivity index (χ2n) is 4.51. The van der Waals surface area contributed by atoms with Crippen molar-refractivity contribution in [3.63, 3.8) is 0 Å². The van der Waals surface area contributed by atoms with E-state index in [1.165, 1.54) is 18.2 Å². The molecule has 0 heterocycles. The van der Waals surface area contributed by atoms with Crippen molar-refractivity contribution >= 4 is 23.0 Å². The van der Waals surface area contributed by atoms with Crippen molar-refractivity contribution in [1.82, 2.24) is 0 Å². The number of rotatable bonds is 4. The zero-order valence-corrected chi connectivity index (χ0v) is 11.7. The summed E-state index contributed by atoms with van der Waals surface area (Å²) in [6.45, 7) is 1.88. The Labute approximate surface area is 121 Å². The molecule has 2 aromatic rings. The number of amides is 1. The van der Waals surface area contributed by atoms with Crippen LogP contribution in [0.15, 0.2) is 42.5 Å². The van der Waals surface area contributed by atoms with Gasteiger partial charge in [-0.15, -0.1) is 0 Å². The Morgan fingerprint density at radius 3 is 2.48 bits per heavy atom. The van der Waals surface area contributed by atoms with Crippen LogP contribution in [-0.2, 0) is 0 Å². The lowest BCUT2D eigenvalue weighted by Gasteiger charge is -2.11. The number of nitrogens with zero attached hydrogens (tertiary/aromatic N) is 1. The van der Waals surface area contributed by atoms with Gasteiger partial charge in [-0.25, -0.2) is 0 Å². The highest BCUT2D eigenvalue weighted by molar-refractivity contribution is 6.08. The van der Waals surface area contributed by atoms with Crippen molar-refractivity contribution in [1.29, 1.82) is 0 Å². The van der Waals surface area contributed by atoms with Crippen LogP contribution in [0.4, 0.5) is 17.1 Å². The molecule has 0 saturated carbocycles. The monoisotopic (exact) mass is 285 g/mol. The number of non-ortho nitro benzene ring substituents is 1. The van der Waals surface area contributed by atoms with E-state index in [0.717, 1.165) is 5.56 Å². The van der Waals surface area contributed by atoms with Crippen LogP contribution in [0, 0.1) is 17.0 Å². The Morgan fingerprint density at radius 2 is 1.86 bits per heavy atom. The molecule has 0 spiro atoms. The Bertz CT molecular complexity index is 698. The number of benzene rings is 2. The van der Waals surface area contributed by atoms with Gasteiger partial charge in [-0.05, 0) is 24.6 Å². The molecule has 0 aliphatic carbocycles. The number of para-hydroxylation sites is 1. The number of nitrogens with one attached hydrogen (secondary N) is 2. The van der Waals surface area contributed by atoms with Crippen LogP contribution in [0.5, 0.6) is 0 Å². The first-order valence-corrected chi connectivity index (χ1v) is 6.36. The molecule has 0 fully saturated rings. The standard InChI is InChI=1S/C15H15N3O3/c1-10-5-3-4-6-13(10)17-15(19)12-9-11(18(20)21)7-8-14(12)16-2/h3-9,16H,1-2H3,(H,17,19). The van der Waals surface area contributed by atoms with Crippen molar-refractivity contribution in [3.05, 3.63) is 63.7 Å². The number of anilines is 2. The third kappa shape index (κ3) is 3.17. The van der Waals surface area contributed by atoms with Gasteiger partial charge in [0.1, 0.15) is 0 Å². The number of nitro benzene ring substituents is 1. The summed E-state index contributed by atoms with van der Waals surface area (Å²) >= 11 is 0. The molecule has 0 aromatic heterocycles.